The predicted octanol–water partition coefficient (Wildman–Crippen LogP) is 3.39. The highest BCUT2D eigenvalue weighted by atomic mass is 16.7. The number of carbonyl (C=O) groups is 1. The van der Waals surface area contributed by atoms with E-state index in [1.807, 2.05) is 25.1 Å². The average Bonchev–Trinajstić information content (AvgIpc) is 3.27. The van der Waals surface area contributed by atoms with Gasteiger partial charge in [-0.2, -0.15) is 5.10 Å². The molecule has 0 saturated heterocycles. The van der Waals surface area contributed by atoms with Gasteiger partial charge in [0.15, 0.2) is 17.2 Å². The lowest BCUT2D eigenvalue weighted by Gasteiger charge is -2.09. The van der Waals surface area contributed by atoms with Gasteiger partial charge in [0, 0.05) is 24.4 Å². The smallest absolute Gasteiger partial charge is 0.276 e. The topological polar surface area (TPSA) is 74.6 Å². The molecule has 0 saturated carbocycles. The van der Waals surface area contributed by atoms with Gasteiger partial charge < -0.3 is 19.5 Å². The summed E-state index contributed by atoms with van der Waals surface area (Å²) >= 11 is 0. The number of benzene rings is 2. The Morgan fingerprint density at radius 1 is 1.15 bits per heavy atom. The summed E-state index contributed by atoms with van der Waals surface area (Å²) in [7, 11) is 3.42. The first-order valence-electron chi connectivity index (χ1n) is 8.45. The van der Waals surface area contributed by atoms with Gasteiger partial charge in [-0.1, -0.05) is 11.6 Å². The van der Waals surface area contributed by atoms with Gasteiger partial charge in [-0.15, -0.1) is 0 Å². The van der Waals surface area contributed by atoms with Crippen molar-refractivity contribution in [1.82, 2.24) is 9.78 Å². The van der Waals surface area contributed by atoms with Crippen LogP contribution in [0.2, 0.25) is 0 Å². The first-order valence-corrected chi connectivity index (χ1v) is 8.45. The number of methoxy groups -OCH3 is 1. The van der Waals surface area contributed by atoms with Gasteiger partial charge in [-0.25, -0.2) is 0 Å². The summed E-state index contributed by atoms with van der Waals surface area (Å²) in [5.41, 5.74) is 3.71. The molecule has 7 heteroatoms. The number of hydrogen-bond acceptors (Lipinski definition) is 5. The van der Waals surface area contributed by atoms with Gasteiger partial charge in [0.05, 0.1) is 12.8 Å². The molecule has 27 heavy (non-hydrogen) atoms. The number of anilines is 1. The van der Waals surface area contributed by atoms with Crippen molar-refractivity contribution in [2.45, 2.75) is 6.92 Å². The molecule has 1 aliphatic heterocycles. The largest absolute Gasteiger partial charge is 0.496 e. The van der Waals surface area contributed by atoms with Gasteiger partial charge in [0.2, 0.25) is 6.79 Å². The van der Waals surface area contributed by atoms with Crippen molar-refractivity contribution in [2.24, 2.45) is 7.05 Å². The van der Waals surface area contributed by atoms with Crippen molar-refractivity contribution in [3.63, 3.8) is 0 Å². The molecule has 138 valence electrons. The van der Waals surface area contributed by atoms with Gasteiger partial charge >= 0.3 is 0 Å². The maximum absolute atomic E-state index is 12.6. The van der Waals surface area contributed by atoms with Crippen molar-refractivity contribution in [1.29, 1.82) is 0 Å². The molecule has 1 N–H and O–H groups in total. The summed E-state index contributed by atoms with van der Waals surface area (Å²) in [6.45, 7) is 2.20. The number of aryl methyl sites for hydroxylation is 2. The lowest BCUT2D eigenvalue weighted by atomic mass is 10.1. The van der Waals surface area contributed by atoms with E-state index in [9.17, 15) is 4.79 Å². The van der Waals surface area contributed by atoms with Crippen LogP contribution in [0.3, 0.4) is 0 Å². The molecule has 0 atom stereocenters. The van der Waals surface area contributed by atoms with E-state index in [1.54, 1.807) is 43.1 Å². The summed E-state index contributed by atoms with van der Waals surface area (Å²) in [5, 5.41) is 7.19. The number of ether oxygens (including phenoxy) is 3. The molecule has 3 aromatic rings. The molecule has 7 nitrogen and oxygen atoms in total. The Bertz CT molecular complexity index is 1030. The fourth-order valence-corrected chi connectivity index (χ4v) is 3.02. The molecule has 0 radical (unpaired) electrons. The fraction of sp³-hybridized carbons (Fsp3) is 0.200. The second-order valence-corrected chi connectivity index (χ2v) is 6.26. The zero-order chi connectivity index (χ0) is 19.0. The SMILES string of the molecule is COc1ccc(C)cc1-c1cc(C(=O)Nc2ccc3c(c2)OCO3)nn1C. The Morgan fingerprint density at radius 2 is 1.96 bits per heavy atom. The first-order chi connectivity index (χ1) is 13.0. The van der Waals surface area contributed by atoms with E-state index in [0.717, 1.165) is 22.6 Å². The lowest BCUT2D eigenvalue weighted by Crippen LogP contribution is -2.12. The Hall–Kier alpha value is -3.48. The first kappa shape index (κ1) is 17.0. The summed E-state index contributed by atoms with van der Waals surface area (Å²) in [6, 6.07) is 12.9. The van der Waals surface area contributed by atoms with Gasteiger partial charge in [0.25, 0.3) is 5.91 Å². The molecule has 0 fully saturated rings. The van der Waals surface area contributed by atoms with Crippen LogP contribution in [-0.4, -0.2) is 29.6 Å². The summed E-state index contributed by atoms with van der Waals surface area (Å²) < 4.78 is 17.7. The Labute approximate surface area is 156 Å². The molecule has 1 aliphatic rings. The monoisotopic (exact) mass is 365 g/mol. The second-order valence-electron chi connectivity index (χ2n) is 6.26. The van der Waals surface area contributed by atoms with Crippen LogP contribution in [-0.2, 0) is 7.05 Å². The predicted molar refractivity (Wildman–Crippen MR) is 100 cm³/mol. The minimum absolute atomic E-state index is 0.189. The third-order valence-electron chi connectivity index (χ3n) is 4.37. The number of hydrogen-bond donors (Lipinski definition) is 1. The normalized spacial score (nSPS) is 12.1. The standard InChI is InChI=1S/C20H19N3O4/c1-12-4-6-17(25-3)14(8-12)16-10-15(22-23(16)2)20(24)21-13-5-7-18-19(9-13)27-11-26-18/h4-10H,11H2,1-3H3,(H,21,24). The number of carbonyl (C=O) groups excluding carboxylic acids is 1. The van der Waals surface area contributed by atoms with E-state index in [0.29, 0.717) is 22.9 Å². The van der Waals surface area contributed by atoms with Crippen LogP contribution in [0.4, 0.5) is 5.69 Å². The molecule has 1 aromatic heterocycles. The van der Waals surface area contributed by atoms with Crippen molar-refractivity contribution >= 4 is 11.6 Å². The third-order valence-corrected chi connectivity index (χ3v) is 4.37. The van der Waals surface area contributed by atoms with E-state index >= 15 is 0 Å². The van der Waals surface area contributed by atoms with E-state index in [-0.39, 0.29) is 12.7 Å². The minimum atomic E-state index is -0.303. The third kappa shape index (κ3) is 3.19. The molecule has 0 unspecified atom stereocenters. The zero-order valence-electron chi connectivity index (χ0n) is 15.3. The molecule has 4 rings (SSSR count). The van der Waals surface area contributed by atoms with Crippen molar-refractivity contribution in [3.05, 3.63) is 53.7 Å². The quantitative estimate of drug-likeness (QED) is 0.767. The Balaban J connectivity index is 1.61. The van der Waals surface area contributed by atoms with E-state index < -0.39 is 0 Å². The molecular formula is C20H19N3O4. The highest BCUT2D eigenvalue weighted by Gasteiger charge is 2.18. The zero-order valence-corrected chi connectivity index (χ0v) is 15.3. The number of nitrogens with zero attached hydrogens (tertiary/aromatic N) is 2. The van der Waals surface area contributed by atoms with E-state index in [4.69, 9.17) is 14.2 Å². The molecule has 0 spiro atoms. The summed E-state index contributed by atoms with van der Waals surface area (Å²) in [4.78, 5) is 12.6. The van der Waals surface area contributed by atoms with E-state index in [2.05, 4.69) is 10.4 Å². The molecular weight excluding hydrogens is 346 g/mol. The number of aromatic nitrogens is 2. The van der Waals surface area contributed by atoms with Crippen LogP contribution in [0, 0.1) is 6.92 Å². The number of nitrogens with one attached hydrogen (secondary N) is 1. The maximum Gasteiger partial charge on any atom is 0.276 e. The second kappa shape index (κ2) is 6.68. The van der Waals surface area contributed by atoms with Gasteiger partial charge in [0.1, 0.15) is 5.75 Å². The van der Waals surface area contributed by atoms with Crippen LogP contribution in [0.25, 0.3) is 11.3 Å². The van der Waals surface area contributed by atoms with Crippen molar-refractivity contribution < 1.29 is 19.0 Å². The molecule has 0 aliphatic carbocycles. The van der Waals surface area contributed by atoms with Gasteiger partial charge in [-0.05, 0) is 37.3 Å². The lowest BCUT2D eigenvalue weighted by molar-refractivity contribution is 0.102. The Kier molecular flexibility index (Phi) is 4.19. The van der Waals surface area contributed by atoms with Crippen molar-refractivity contribution in [2.75, 3.05) is 19.2 Å². The number of fused-ring (bicyclic) bond motifs is 1. The van der Waals surface area contributed by atoms with Crippen LogP contribution < -0.4 is 19.5 Å². The highest BCUT2D eigenvalue weighted by molar-refractivity contribution is 6.03. The molecule has 2 aromatic carbocycles. The van der Waals surface area contributed by atoms with Crippen LogP contribution >= 0.6 is 0 Å². The molecule has 1 amide bonds. The number of rotatable bonds is 4. The van der Waals surface area contributed by atoms with Crippen LogP contribution in [0.1, 0.15) is 16.1 Å². The Morgan fingerprint density at radius 3 is 2.78 bits per heavy atom. The van der Waals surface area contributed by atoms with E-state index in [1.165, 1.54) is 0 Å². The van der Waals surface area contributed by atoms with Crippen LogP contribution in [0.5, 0.6) is 17.2 Å². The molecule has 2 heterocycles. The van der Waals surface area contributed by atoms with Crippen molar-refractivity contribution in [3.8, 4) is 28.5 Å². The maximum atomic E-state index is 12.6. The summed E-state index contributed by atoms with van der Waals surface area (Å²) in [5.74, 6) is 1.70. The molecule has 0 bridgehead atoms. The van der Waals surface area contributed by atoms with Crippen LogP contribution in [0.15, 0.2) is 42.5 Å². The fourth-order valence-electron chi connectivity index (χ4n) is 3.02. The average molecular weight is 365 g/mol. The number of amides is 1. The highest BCUT2D eigenvalue weighted by Crippen LogP contribution is 2.34. The minimum Gasteiger partial charge on any atom is -0.496 e. The summed E-state index contributed by atoms with van der Waals surface area (Å²) in [6.07, 6.45) is 0. The van der Waals surface area contributed by atoms with Gasteiger partial charge in [-0.3, -0.25) is 9.48 Å².